The third-order valence-corrected chi connectivity index (χ3v) is 3.84. The second-order valence-electron chi connectivity index (χ2n) is 5.06. The number of benzene rings is 1. The van der Waals surface area contributed by atoms with Gasteiger partial charge in [0.2, 0.25) is 5.78 Å². The van der Waals surface area contributed by atoms with Crippen LogP contribution < -0.4 is 9.47 Å². The van der Waals surface area contributed by atoms with Gasteiger partial charge in [0.05, 0.1) is 5.69 Å². The van der Waals surface area contributed by atoms with Crippen LogP contribution in [0, 0.1) is 20.8 Å². The van der Waals surface area contributed by atoms with E-state index in [0.29, 0.717) is 36.0 Å². The van der Waals surface area contributed by atoms with E-state index in [4.69, 9.17) is 9.47 Å². The Kier molecular flexibility index (Phi) is 3.01. The molecule has 0 radical (unpaired) electrons. The van der Waals surface area contributed by atoms with Crippen LogP contribution in [0.3, 0.4) is 0 Å². The van der Waals surface area contributed by atoms with Gasteiger partial charge in [-0.1, -0.05) is 0 Å². The normalized spacial score (nSPS) is 13.3. The van der Waals surface area contributed by atoms with Crippen molar-refractivity contribution in [1.29, 1.82) is 0 Å². The lowest BCUT2D eigenvalue weighted by Crippen LogP contribution is -2.16. The number of aryl methyl sites for hydroxylation is 1. The molecule has 0 aliphatic carbocycles. The monoisotopic (exact) mass is 271 g/mol. The van der Waals surface area contributed by atoms with E-state index >= 15 is 0 Å². The summed E-state index contributed by atoms with van der Waals surface area (Å²) in [7, 11) is 0. The summed E-state index contributed by atoms with van der Waals surface area (Å²) >= 11 is 0. The molecule has 0 bridgehead atoms. The molecular weight excluding hydrogens is 254 g/mol. The van der Waals surface area contributed by atoms with Crippen LogP contribution >= 0.6 is 0 Å². The lowest BCUT2D eigenvalue weighted by molar-refractivity contribution is 0.103. The molecule has 0 saturated heterocycles. The molecule has 0 atom stereocenters. The van der Waals surface area contributed by atoms with Crippen LogP contribution in [-0.4, -0.2) is 24.0 Å². The van der Waals surface area contributed by atoms with Crippen LogP contribution in [0.4, 0.5) is 0 Å². The molecule has 2 heterocycles. The standard InChI is InChI=1S/C16H17NO3/c1-9-10(2)15(17-11(9)3)16(18)12-4-5-13-14(8-12)20-7-6-19-13/h4-5,8,17H,6-7H2,1-3H3. The largest absolute Gasteiger partial charge is 0.486 e. The van der Waals surface area contributed by atoms with Crippen molar-refractivity contribution in [2.45, 2.75) is 20.8 Å². The Labute approximate surface area is 117 Å². The van der Waals surface area contributed by atoms with Gasteiger partial charge in [-0.15, -0.1) is 0 Å². The first-order chi connectivity index (χ1) is 9.58. The minimum absolute atomic E-state index is 0.0179. The molecule has 1 N–H and O–H groups in total. The zero-order chi connectivity index (χ0) is 14.3. The minimum atomic E-state index is -0.0179. The molecule has 4 heteroatoms. The van der Waals surface area contributed by atoms with Crippen molar-refractivity contribution >= 4 is 5.78 Å². The number of aromatic amines is 1. The Hall–Kier alpha value is -2.23. The Bertz CT molecular complexity index is 685. The average molecular weight is 271 g/mol. The van der Waals surface area contributed by atoms with E-state index in [1.165, 1.54) is 0 Å². The van der Waals surface area contributed by atoms with Gasteiger partial charge in [-0.05, 0) is 50.1 Å². The molecule has 0 fully saturated rings. The Morgan fingerprint density at radius 2 is 1.75 bits per heavy atom. The van der Waals surface area contributed by atoms with E-state index < -0.39 is 0 Å². The van der Waals surface area contributed by atoms with Crippen molar-refractivity contribution in [1.82, 2.24) is 4.98 Å². The minimum Gasteiger partial charge on any atom is -0.486 e. The Morgan fingerprint density at radius 1 is 1.05 bits per heavy atom. The third-order valence-electron chi connectivity index (χ3n) is 3.84. The summed E-state index contributed by atoms with van der Waals surface area (Å²) in [5, 5.41) is 0. The van der Waals surface area contributed by atoms with Crippen molar-refractivity contribution in [2.75, 3.05) is 13.2 Å². The molecule has 0 unspecified atom stereocenters. The molecule has 0 spiro atoms. The molecule has 104 valence electrons. The summed E-state index contributed by atoms with van der Waals surface area (Å²) in [6.45, 7) is 7.02. The predicted octanol–water partition coefficient (Wildman–Crippen LogP) is 2.94. The second-order valence-corrected chi connectivity index (χ2v) is 5.06. The fraction of sp³-hybridized carbons (Fsp3) is 0.312. The third kappa shape index (κ3) is 1.97. The highest BCUT2D eigenvalue weighted by Gasteiger charge is 2.19. The van der Waals surface area contributed by atoms with Gasteiger partial charge >= 0.3 is 0 Å². The van der Waals surface area contributed by atoms with Crippen LogP contribution in [0.5, 0.6) is 11.5 Å². The average Bonchev–Trinajstić information content (AvgIpc) is 2.73. The van der Waals surface area contributed by atoms with Gasteiger partial charge in [0.25, 0.3) is 0 Å². The van der Waals surface area contributed by atoms with Gasteiger partial charge in [0, 0.05) is 11.3 Å². The maximum atomic E-state index is 12.6. The van der Waals surface area contributed by atoms with Gasteiger partial charge in [0.15, 0.2) is 11.5 Å². The Morgan fingerprint density at radius 3 is 2.40 bits per heavy atom. The molecule has 0 amide bonds. The van der Waals surface area contributed by atoms with Crippen LogP contribution in [0.1, 0.15) is 32.9 Å². The molecule has 1 aromatic heterocycles. The number of ketones is 1. The van der Waals surface area contributed by atoms with Crippen molar-refractivity contribution in [3.05, 3.63) is 46.3 Å². The molecular formula is C16H17NO3. The SMILES string of the molecule is Cc1[nH]c(C(=O)c2ccc3c(c2)OCCO3)c(C)c1C. The molecule has 0 saturated carbocycles. The molecule has 20 heavy (non-hydrogen) atoms. The number of hydrogen-bond donors (Lipinski definition) is 1. The van der Waals surface area contributed by atoms with Crippen LogP contribution in [0.15, 0.2) is 18.2 Å². The number of aromatic nitrogens is 1. The molecule has 3 rings (SSSR count). The quantitative estimate of drug-likeness (QED) is 0.854. The van der Waals surface area contributed by atoms with E-state index in [2.05, 4.69) is 4.98 Å². The lowest BCUT2D eigenvalue weighted by atomic mass is 10.0. The van der Waals surface area contributed by atoms with Gasteiger partial charge in [-0.2, -0.15) is 0 Å². The summed E-state index contributed by atoms with van der Waals surface area (Å²) < 4.78 is 11.0. The number of rotatable bonds is 2. The number of nitrogens with one attached hydrogen (secondary N) is 1. The topological polar surface area (TPSA) is 51.3 Å². The van der Waals surface area contributed by atoms with E-state index in [0.717, 1.165) is 16.8 Å². The molecule has 2 aromatic rings. The molecule has 1 aromatic carbocycles. The van der Waals surface area contributed by atoms with E-state index in [1.807, 2.05) is 20.8 Å². The summed E-state index contributed by atoms with van der Waals surface area (Å²) in [6.07, 6.45) is 0. The van der Waals surface area contributed by atoms with Gasteiger partial charge in [-0.3, -0.25) is 4.79 Å². The first kappa shape index (κ1) is 12.8. The van der Waals surface area contributed by atoms with Crippen LogP contribution in [0.2, 0.25) is 0 Å². The van der Waals surface area contributed by atoms with E-state index in [9.17, 15) is 4.79 Å². The van der Waals surface area contributed by atoms with Crippen LogP contribution in [-0.2, 0) is 0 Å². The van der Waals surface area contributed by atoms with Crippen molar-refractivity contribution < 1.29 is 14.3 Å². The lowest BCUT2D eigenvalue weighted by Gasteiger charge is -2.18. The van der Waals surface area contributed by atoms with Gasteiger partial charge < -0.3 is 14.5 Å². The molecule has 4 nitrogen and oxygen atoms in total. The number of carbonyl (C=O) groups is 1. The van der Waals surface area contributed by atoms with E-state index in [-0.39, 0.29) is 5.78 Å². The maximum absolute atomic E-state index is 12.6. The number of ether oxygens (including phenoxy) is 2. The van der Waals surface area contributed by atoms with Crippen molar-refractivity contribution in [3.63, 3.8) is 0 Å². The first-order valence-electron chi connectivity index (χ1n) is 6.68. The predicted molar refractivity (Wildman–Crippen MR) is 75.9 cm³/mol. The first-order valence-corrected chi connectivity index (χ1v) is 6.68. The highest BCUT2D eigenvalue weighted by Crippen LogP contribution is 2.31. The molecule has 1 aliphatic heterocycles. The zero-order valence-electron chi connectivity index (χ0n) is 11.9. The summed E-state index contributed by atoms with van der Waals surface area (Å²) in [6, 6.07) is 5.32. The number of H-pyrrole nitrogens is 1. The highest BCUT2D eigenvalue weighted by atomic mass is 16.6. The van der Waals surface area contributed by atoms with Gasteiger partial charge in [-0.25, -0.2) is 0 Å². The fourth-order valence-corrected chi connectivity index (χ4v) is 2.40. The van der Waals surface area contributed by atoms with Crippen molar-refractivity contribution in [2.24, 2.45) is 0 Å². The molecule has 1 aliphatic rings. The number of carbonyl (C=O) groups excluding carboxylic acids is 1. The van der Waals surface area contributed by atoms with Gasteiger partial charge in [0.1, 0.15) is 13.2 Å². The maximum Gasteiger partial charge on any atom is 0.209 e. The summed E-state index contributed by atoms with van der Waals surface area (Å²) in [5.74, 6) is 1.32. The van der Waals surface area contributed by atoms with Crippen molar-refractivity contribution in [3.8, 4) is 11.5 Å². The summed E-state index contributed by atoms with van der Waals surface area (Å²) in [4.78, 5) is 15.8. The summed E-state index contributed by atoms with van der Waals surface area (Å²) in [5.41, 5.74) is 4.42. The zero-order valence-corrected chi connectivity index (χ0v) is 11.9. The fourth-order valence-electron chi connectivity index (χ4n) is 2.40. The Balaban J connectivity index is 2.00. The number of fused-ring (bicyclic) bond motifs is 1. The van der Waals surface area contributed by atoms with E-state index in [1.54, 1.807) is 18.2 Å². The number of hydrogen-bond acceptors (Lipinski definition) is 3. The highest BCUT2D eigenvalue weighted by molar-refractivity contribution is 6.09. The smallest absolute Gasteiger partial charge is 0.209 e. The second kappa shape index (κ2) is 4.71. The van der Waals surface area contributed by atoms with Crippen LogP contribution in [0.25, 0.3) is 0 Å².